The standard InChI is InChI=1S/C17H11ClF3NO2/c18-12-7-10(6-11(8-12)17(19,20)21)13-14(23)15(24-16(13)22)9-4-2-1-3-5-9/h1-8,15H,22H2. The summed E-state index contributed by atoms with van der Waals surface area (Å²) in [5.74, 6) is -0.724. The molecule has 0 aromatic heterocycles. The van der Waals surface area contributed by atoms with Crippen LogP contribution in [0, 0.1) is 0 Å². The van der Waals surface area contributed by atoms with Gasteiger partial charge in [0.05, 0.1) is 11.1 Å². The van der Waals surface area contributed by atoms with Crippen LogP contribution in [0.4, 0.5) is 13.2 Å². The third-order valence-electron chi connectivity index (χ3n) is 3.59. The van der Waals surface area contributed by atoms with Crippen LogP contribution in [0.5, 0.6) is 0 Å². The fourth-order valence-electron chi connectivity index (χ4n) is 2.52. The Bertz CT molecular complexity index is 831. The fraction of sp³-hybridized carbons (Fsp3) is 0.118. The van der Waals surface area contributed by atoms with E-state index in [-0.39, 0.29) is 22.0 Å². The summed E-state index contributed by atoms with van der Waals surface area (Å²) in [6.45, 7) is 0. The van der Waals surface area contributed by atoms with Crippen LogP contribution in [0.2, 0.25) is 5.02 Å². The van der Waals surface area contributed by atoms with Crippen molar-refractivity contribution >= 4 is 23.0 Å². The van der Waals surface area contributed by atoms with Gasteiger partial charge in [-0.15, -0.1) is 0 Å². The lowest BCUT2D eigenvalue weighted by molar-refractivity contribution is -0.137. The van der Waals surface area contributed by atoms with Gasteiger partial charge in [-0.3, -0.25) is 4.79 Å². The predicted octanol–water partition coefficient (Wildman–Crippen LogP) is 4.33. The van der Waals surface area contributed by atoms with Crippen molar-refractivity contribution in [2.75, 3.05) is 0 Å². The molecule has 124 valence electrons. The predicted molar refractivity (Wildman–Crippen MR) is 82.8 cm³/mol. The van der Waals surface area contributed by atoms with Gasteiger partial charge >= 0.3 is 6.18 Å². The molecule has 3 nitrogen and oxygen atoms in total. The van der Waals surface area contributed by atoms with E-state index in [1.54, 1.807) is 30.3 Å². The van der Waals surface area contributed by atoms with Gasteiger partial charge < -0.3 is 10.5 Å². The molecule has 0 spiro atoms. The van der Waals surface area contributed by atoms with Crippen molar-refractivity contribution in [1.82, 2.24) is 0 Å². The first kappa shape index (κ1) is 16.4. The largest absolute Gasteiger partial charge is 0.462 e. The first-order valence-corrected chi connectivity index (χ1v) is 7.29. The zero-order chi connectivity index (χ0) is 17.5. The Labute approximate surface area is 140 Å². The van der Waals surface area contributed by atoms with E-state index in [1.165, 1.54) is 6.07 Å². The van der Waals surface area contributed by atoms with Crippen LogP contribution < -0.4 is 5.73 Å². The molecule has 0 radical (unpaired) electrons. The number of carbonyl (C=O) groups excluding carboxylic acids is 1. The molecule has 1 aliphatic heterocycles. The van der Waals surface area contributed by atoms with E-state index < -0.39 is 23.6 Å². The first-order chi connectivity index (χ1) is 11.3. The maximum absolute atomic E-state index is 12.9. The monoisotopic (exact) mass is 353 g/mol. The first-order valence-electron chi connectivity index (χ1n) is 6.91. The number of nitrogens with two attached hydrogens (primary N) is 1. The average Bonchev–Trinajstić information content (AvgIpc) is 2.81. The molecule has 0 saturated heterocycles. The molecule has 24 heavy (non-hydrogen) atoms. The number of halogens is 4. The van der Waals surface area contributed by atoms with Crippen LogP contribution in [-0.2, 0) is 15.7 Å². The Balaban J connectivity index is 2.02. The van der Waals surface area contributed by atoms with Crippen LogP contribution in [0.25, 0.3) is 5.57 Å². The third kappa shape index (κ3) is 2.97. The second-order valence-electron chi connectivity index (χ2n) is 5.24. The summed E-state index contributed by atoms with van der Waals surface area (Å²) < 4.78 is 44.2. The second-order valence-corrected chi connectivity index (χ2v) is 5.67. The Kier molecular flexibility index (Phi) is 4.01. The van der Waals surface area contributed by atoms with Crippen LogP contribution >= 0.6 is 11.6 Å². The van der Waals surface area contributed by atoms with E-state index in [1.807, 2.05) is 0 Å². The third-order valence-corrected chi connectivity index (χ3v) is 3.81. The van der Waals surface area contributed by atoms with Gasteiger partial charge in [-0.05, 0) is 23.8 Å². The number of ketones is 1. The van der Waals surface area contributed by atoms with Crippen LogP contribution in [0.15, 0.2) is 54.4 Å². The number of hydrogen-bond donors (Lipinski definition) is 1. The Morgan fingerprint density at radius 3 is 2.38 bits per heavy atom. The molecule has 0 amide bonds. The number of benzene rings is 2. The van der Waals surface area contributed by atoms with Gasteiger partial charge in [0.25, 0.3) is 0 Å². The highest BCUT2D eigenvalue weighted by Crippen LogP contribution is 2.39. The summed E-state index contributed by atoms with van der Waals surface area (Å²) in [5.41, 5.74) is 5.24. The number of ether oxygens (including phenoxy) is 1. The van der Waals surface area contributed by atoms with Crippen LogP contribution in [0.1, 0.15) is 22.8 Å². The van der Waals surface area contributed by atoms with E-state index in [4.69, 9.17) is 22.1 Å². The van der Waals surface area contributed by atoms with Gasteiger partial charge in [-0.25, -0.2) is 0 Å². The summed E-state index contributed by atoms with van der Waals surface area (Å²) in [4.78, 5) is 12.6. The van der Waals surface area contributed by atoms with Gasteiger partial charge in [0.15, 0.2) is 12.0 Å². The Hall–Kier alpha value is -2.47. The van der Waals surface area contributed by atoms with E-state index in [0.29, 0.717) is 5.56 Å². The quantitative estimate of drug-likeness (QED) is 0.874. The highest BCUT2D eigenvalue weighted by Gasteiger charge is 2.38. The molecule has 0 fully saturated rings. The minimum atomic E-state index is -4.59. The zero-order valence-electron chi connectivity index (χ0n) is 12.1. The number of carbonyl (C=O) groups is 1. The van der Waals surface area contributed by atoms with Gasteiger partial charge in [-0.1, -0.05) is 41.9 Å². The van der Waals surface area contributed by atoms with Crippen molar-refractivity contribution in [3.63, 3.8) is 0 Å². The molecule has 0 aliphatic carbocycles. The Morgan fingerprint density at radius 2 is 1.75 bits per heavy atom. The van der Waals surface area contributed by atoms with Gasteiger partial charge in [0, 0.05) is 10.6 Å². The summed E-state index contributed by atoms with van der Waals surface area (Å²) >= 11 is 5.77. The van der Waals surface area contributed by atoms with Crippen LogP contribution in [-0.4, -0.2) is 5.78 Å². The van der Waals surface area contributed by atoms with E-state index in [9.17, 15) is 18.0 Å². The summed E-state index contributed by atoms with van der Waals surface area (Å²) in [6, 6.07) is 11.5. The van der Waals surface area contributed by atoms with Crippen molar-refractivity contribution in [3.8, 4) is 0 Å². The lowest BCUT2D eigenvalue weighted by atomic mass is 9.96. The molecule has 3 rings (SSSR count). The molecule has 2 aromatic carbocycles. The molecule has 0 bridgehead atoms. The van der Waals surface area contributed by atoms with Gasteiger partial charge in [-0.2, -0.15) is 13.2 Å². The molecule has 7 heteroatoms. The summed E-state index contributed by atoms with van der Waals surface area (Å²) in [5, 5.41) is -0.143. The lowest BCUT2D eigenvalue weighted by Crippen LogP contribution is -2.10. The maximum atomic E-state index is 12.9. The van der Waals surface area contributed by atoms with Crippen molar-refractivity contribution in [2.24, 2.45) is 5.73 Å². The summed E-state index contributed by atoms with van der Waals surface area (Å²) in [6.07, 6.45) is -5.56. The molecule has 2 aromatic rings. The molecule has 0 saturated carbocycles. The number of alkyl halides is 3. The number of rotatable bonds is 2. The van der Waals surface area contributed by atoms with Crippen molar-refractivity contribution in [2.45, 2.75) is 12.3 Å². The maximum Gasteiger partial charge on any atom is 0.416 e. The molecule has 2 N–H and O–H groups in total. The molecule has 1 atom stereocenters. The minimum Gasteiger partial charge on any atom is -0.462 e. The van der Waals surface area contributed by atoms with Crippen molar-refractivity contribution < 1.29 is 22.7 Å². The molecule has 1 aliphatic rings. The molecule has 1 unspecified atom stereocenters. The SMILES string of the molecule is NC1=C(c2cc(Cl)cc(C(F)(F)F)c2)C(=O)C(c2ccccc2)O1. The minimum absolute atomic E-state index is 0.0178. The van der Waals surface area contributed by atoms with Gasteiger partial charge in [0.2, 0.25) is 5.78 Å². The van der Waals surface area contributed by atoms with E-state index in [2.05, 4.69) is 0 Å². The Morgan fingerprint density at radius 1 is 1.08 bits per heavy atom. The number of Topliss-reactive ketones (excluding diaryl/α,β-unsaturated/α-hetero) is 1. The van der Waals surface area contributed by atoms with Crippen LogP contribution in [0.3, 0.4) is 0 Å². The highest BCUT2D eigenvalue weighted by molar-refractivity contribution is 6.31. The average molecular weight is 354 g/mol. The molecular formula is C17H11ClF3NO2. The number of hydrogen-bond acceptors (Lipinski definition) is 3. The zero-order valence-corrected chi connectivity index (χ0v) is 12.9. The van der Waals surface area contributed by atoms with Gasteiger partial charge in [0.1, 0.15) is 0 Å². The van der Waals surface area contributed by atoms with Crippen molar-refractivity contribution in [1.29, 1.82) is 0 Å². The fourth-order valence-corrected chi connectivity index (χ4v) is 2.76. The molecule has 1 heterocycles. The normalized spacial score (nSPS) is 18.0. The van der Waals surface area contributed by atoms with E-state index >= 15 is 0 Å². The smallest absolute Gasteiger partial charge is 0.416 e. The molecular weight excluding hydrogens is 343 g/mol. The highest BCUT2D eigenvalue weighted by atomic mass is 35.5. The lowest BCUT2D eigenvalue weighted by Gasteiger charge is -2.11. The van der Waals surface area contributed by atoms with E-state index in [0.717, 1.165) is 12.1 Å². The topological polar surface area (TPSA) is 52.3 Å². The summed E-state index contributed by atoms with van der Waals surface area (Å²) in [7, 11) is 0. The second kappa shape index (κ2) is 5.87. The van der Waals surface area contributed by atoms with Crippen molar-refractivity contribution in [3.05, 3.63) is 76.1 Å².